The summed E-state index contributed by atoms with van der Waals surface area (Å²) in [5, 5.41) is 6.04. The van der Waals surface area contributed by atoms with Crippen molar-refractivity contribution in [1.29, 1.82) is 0 Å². The number of rotatable bonds is 6. The molecule has 0 bridgehead atoms. The van der Waals surface area contributed by atoms with Crippen LogP contribution in [0.15, 0.2) is 65.7 Å². The normalized spacial score (nSPS) is 11.8. The average molecular weight is 461 g/mol. The number of carbonyl (C=O) groups is 2. The topological polar surface area (TPSA) is 93.1 Å². The maximum atomic E-state index is 13.2. The van der Waals surface area contributed by atoms with Crippen LogP contribution in [-0.4, -0.2) is 21.4 Å². The first-order valence-corrected chi connectivity index (χ1v) is 11.5. The lowest BCUT2D eigenvalue weighted by atomic mass is 10.1. The molecule has 0 saturated carbocycles. The minimum Gasteiger partial charge on any atom is -0.324 e. The molecular formula is C25H24N4O3S. The Balaban J connectivity index is 1.60. The zero-order valence-corrected chi connectivity index (χ0v) is 19.4. The fourth-order valence-corrected chi connectivity index (χ4v) is 4.57. The van der Waals surface area contributed by atoms with Gasteiger partial charge in [0.05, 0.1) is 16.6 Å². The summed E-state index contributed by atoms with van der Waals surface area (Å²) in [7, 11) is 0. The lowest BCUT2D eigenvalue weighted by Gasteiger charge is -2.15. The van der Waals surface area contributed by atoms with Gasteiger partial charge in [0.1, 0.15) is 10.9 Å². The van der Waals surface area contributed by atoms with Crippen molar-refractivity contribution in [3.63, 3.8) is 0 Å². The predicted octanol–water partition coefficient (Wildman–Crippen LogP) is 4.78. The highest BCUT2D eigenvalue weighted by molar-refractivity contribution is 7.20. The summed E-state index contributed by atoms with van der Waals surface area (Å²) in [6.07, 6.45) is 2.28. The molecule has 0 saturated heterocycles. The molecule has 4 rings (SSSR count). The van der Waals surface area contributed by atoms with Gasteiger partial charge in [-0.2, -0.15) is 0 Å². The van der Waals surface area contributed by atoms with E-state index in [2.05, 4.69) is 22.5 Å². The van der Waals surface area contributed by atoms with Crippen LogP contribution in [-0.2, 0) is 11.2 Å². The molecular weight excluding hydrogens is 436 g/mol. The van der Waals surface area contributed by atoms with Crippen LogP contribution in [0.4, 0.5) is 11.4 Å². The molecule has 0 aliphatic carbocycles. The summed E-state index contributed by atoms with van der Waals surface area (Å²) in [6.45, 7) is 5.44. The smallest absolute Gasteiger partial charge is 0.266 e. The number of anilines is 2. The number of nitrogens with zero attached hydrogens (tertiary/aromatic N) is 2. The van der Waals surface area contributed by atoms with Crippen molar-refractivity contribution in [1.82, 2.24) is 9.55 Å². The van der Waals surface area contributed by atoms with Crippen molar-refractivity contribution in [2.24, 2.45) is 0 Å². The molecule has 4 aromatic rings. The number of carbonyl (C=O) groups excluding carboxylic acids is 2. The number of para-hydroxylation sites is 1. The summed E-state index contributed by atoms with van der Waals surface area (Å²) in [5.41, 5.74) is 2.71. The second-order valence-corrected chi connectivity index (χ2v) is 8.73. The van der Waals surface area contributed by atoms with Gasteiger partial charge in [-0.15, -0.1) is 11.3 Å². The number of aromatic nitrogens is 2. The maximum Gasteiger partial charge on any atom is 0.266 e. The van der Waals surface area contributed by atoms with Crippen LogP contribution in [0.1, 0.15) is 40.7 Å². The van der Waals surface area contributed by atoms with E-state index in [-0.39, 0.29) is 17.4 Å². The lowest BCUT2D eigenvalue weighted by molar-refractivity contribution is -0.118. The van der Waals surface area contributed by atoms with Crippen molar-refractivity contribution >= 4 is 44.7 Å². The summed E-state index contributed by atoms with van der Waals surface area (Å²) in [4.78, 5) is 44.1. The van der Waals surface area contributed by atoms with Crippen LogP contribution >= 0.6 is 11.3 Å². The molecule has 0 aliphatic rings. The predicted molar refractivity (Wildman–Crippen MR) is 132 cm³/mol. The Bertz CT molecular complexity index is 1370. The number of aryl methyl sites for hydroxylation is 2. The zero-order chi connectivity index (χ0) is 23.5. The third kappa shape index (κ3) is 4.56. The van der Waals surface area contributed by atoms with E-state index in [1.54, 1.807) is 26.0 Å². The Morgan fingerprint density at radius 2 is 1.70 bits per heavy atom. The van der Waals surface area contributed by atoms with Gasteiger partial charge in [-0.25, -0.2) is 4.98 Å². The SMILES string of the molecule is CCc1ccc(NC(=O)C(C)n2cnc3sc(C(=O)Nc4ccccc4)c(C)c3c2=O)cc1. The largest absolute Gasteiger partial charge is 0.324 e. The maximum absolute atomic E-state index is 13.2. The Morgan fingerprint density at radius 3 is 2.36 bits per heavy atom. The first kappa shape index (κ1) is 22.4. The summed E-state index contributed by atoms with van der Waals surface area (Å²) >= 11 is 1.16. The molecule has 2 aromatic carbocycles. The number of nitrogens with one attached hydrogen (secondary N) is 2. The van der Waals surface area contributed by atoms with Gasteiger partial charge < -0.3 is 10.6 Å². The molecule has 2 heterocycles. The van der Waals surface area contributed by atoms with Gasteiger partial charge in [-0.3, -0.25) is 19.0 Å². The first-order valence-electron chi connectivity index (χ1n) is 10.7. The first-order chi connectivity index (χ1) is 15.9. The Morgan fingerprint density at radius 1 is 1.03 bits per heavy atom. The van der Waals surface area contributed by atoms with Crippen LogP contribution in [0.25, 0.3) is 10.2 Å². The number of fused-ring (bicyclic) bond motifs is 1. The highest BCUT2D eigenvalue weighted by atomic mass is 32.1. The molecule has 0 aliphatic heterocycles. The van der Waals surface area contributed by atoms with E-state index in [4.69, 9.17) is 0 Å². The third-order valence-electron chi connectivity index (χ3n) is 5.54. The second kappa shape index (κ2) is 9.38. The highest BCUT2D eigenvalue weighted by Crippen LogP contribution is 2.28. The van der Waals surface area contributed by atoms with Crippen molar-refractivity contribution in [2.75, 3.05) is 10.6 Å². The minimum atomic E-state index is -0.777. The summed E-state index contributed by atoms with van der Waals surface area (Å²) in [5.74, 6) is -0.619. The van der Waals surface area contributed by atoms with Crippen LogP contribution in [0.3, 0.4) is 0 Å². The van der Waals surface area contributed by atoms with E-state index < -0.39 is 6.04 Å². The molecule has 2 amide bonds. The number of thiophene rings is 1. The van der Waals surface area contributed by atoms with Gasteiger partial charge in [0, 0.05) is 11.4 Å². The molecule has 168 valence electrons. The van der Waals surface area contributed by atoms with E-state index in [1.165, 1.54) is 16.5 Å². The van der Waals surface area contributed by atoms with Gasteiger partial charge in [-0.1, -0.05) is 37.3 Å². The van der Waals surface area contributed by atoms with Gasteiger partial charge >= 0.3 is 0 Å². The van der Waals surface area contributed by atoms with Gasteiger partial charge in [0.25, 0.3) is 11.5 Å². The van der Waals surface area contributed by atoms with E-state index in [0.717, 1.165) is 17.8 Å². The Labute approximate surface area is 195 Å². The van der Waals surface area contributed by atoms with E-state index in [0.29, 0.717) is 32.0 Å². The second-order valence-electron chi connectivity index (χ2n) is 7.73. The van der Waals surface area contributed by atoms with Crippen LogP contribution in [0.2, 0.25) is 0 Å². The molecule has 0 radical (unpaired) electrons. The van der Waals surface area contributed by atoms with Crippen molar-refractivity contribution < 1.29 is 9.59 Å². The third-order valence-corrected chi connectivity index (χ3v) is 6.74. The molecule has 1 unspecified atom stereocenters. The molecule has 2 aromatic heterocycles. The highest BCUT2D eigenvalue weighted by Gasteiger charge is 2.23. The van der Waals surface area contributed by atoms with Crippen molar-refractivity contribution in [3.05, 3.63) is 87.3 Å². The van der Waals surface area contributed by atoms with Crippen LogP contribution in [0.5, 0.6) is 0 Å². The monoisotopic (exact) mass is 460 g/mol. The van der Waals surface area contributed by atoms with Crippen molar-refractivity contribution in [3.8, 4) is 0 Å². The Kier molecular flexibility index (Phi) is 6.37. The molecule has 1 atom stereocenters. The molecule has 7 nitrogen and oxygen atoms in total. The molecule has 8 heteroatoms. The quantitative estimate of drug-likeness (QED) is 0.433. The number of benzene rings is 2. The van der Waals surface area contributed by atoms with E-state index in [1.807, 2.05) is 42.5 Å². The van der Waals surface area contributed by atoms with Gasteiger partial charge in [0.2, 0.25) is 5.91 Å². The van der Waals surface area contributed by atoms with Gasteiger partial charge in [-0.05, 0) is 55.7 Å². The fourth-order valence-electron chi connectivity index (χ4n) is 3.54. The molecule has 2 N–H and O–H groups in total. The summed E-state index contributed by atoms with van der Waals surface area (Å²) in [6, 6.07) is 15.9. The standard InChI is InChI=1S/C25H24N4O3S/c1-4-17-10-12-19(13-11-17)27-22(30)16(3)29-14-26-24-20(25(29)32)15(2)21(33-24)23(31)28-18-8-6-5-7-9-18/h5-14,16H,4H2,1-3H3,(H,27,30)(H,28,31). The Hall–Kier alpha value is -3.78. The average Bonchev–Trinajstić information content (AvgIpc) is 3.17. The molecule has 0 spiro atoms. The zero-order valence-electron chi connectivity index (χ0n) is 18.6. The molecule has 33 heavy (non-hydrogen) atoms. The lowest BCUT2D eigenvalue weighted by Crippen LogP contribution is -2.31. The molecule has 0 fully saturated rings. The number of hydrogen-bond donors (Lipinski definition) is 2. The number of amides is 2. The van der Waals surface area contributed by atoms with E-state index in [9.17, 15) is 14.4 Å². The summed E-state index contributed by atoms with van der Waals surface area (Å²) < 4.78 is 1.30. The van der Waals surface area contributed by atoms with E-state index >= 15 is 0 Å². The van der Waals surface area contributed by atoms with Gasteiger partial charge in [0.15, 0.2) is 0 Å². The minimum absolute atomic E-state index is 0.297. The van der Waals surface area contributed by atoms with Crippen LogP contribution < -0.4 is 16.2 Å². The van der Waals surface area contributed by atoms with Crippen LogP contribution in [0, 0.1) is 6.92 Å². The fraction of sp³-hybridized carbons (Fsp3) is 0.200. The van der Waals surface area contributed by atoms with Crippen molar-refractivity contribution in [2.45, 2.75) is 33.2 Å². The number of hydrogen-bond acceptors (Lipinski definition) is 5.